The molecule has 1 aromatic heterocycles. The number of nitrogens with one attached hydrogen (secondary N) is 1. The Hall–Kier alpha value is -3.14. The van der Waals surface area contributed by atoms with Gasteiger partial charge in [0.15, 0.2) is 5.43 Å². The molecule has 1 amide bonds. The number of benzene rings is 2. The Kier molecular flexibility index (Phi) is 6.65. The highest BCUT2D eigenvalue weighted by Gasteiger charge is 2.20. The van der Waals surface area contributed by atoms with E-state index in [4.69, 9.17) is 0 Å². The van der Waals surface area contributed by atoms with Crippen molar-refractivity contribution in [2.24, 2.45) is 0 Å². The molecule has 0 aliphatic carbocycles. The molecule has 0 aliphatic heterocycles. The predicted molar refractivity (Wildman–Crippen MR) is 119 cm³/mol. The van der Waals surface area contributed by atoms with Gasteiger partial charge >= 0.3 is 0 Å². The quantitative estimate of drug-likeness (QED) is 0.621. The first-order chi connectivity index (χ1) is 14.0. The molecule has 3 rings (SSSR count). The highest BCUT2D eigenvalue weighted by Crippen LogP contribution is 2.17. The number of amides is 1. The van der Waals surface area contributed by atoms with Gasteiger partial charge in [0, 0.05) is 29.7 Å². The second-order valence-corrected chi connectivity index (χ2v) is 7.32. The van der Waals surface area contributed by atoms with Crippen LogP contribution in [-0.4, -0.2) is 10.5 Å². The lowest BCUT2D eigenvalue weighted by molar-refractivity contribution is 0.102. The van der Waals surface area contributed by atoms with Crippen LogP contribution in [0.2, 0.25) is 0 Å². The maximum Gasteiger partial charge on any atom is 0.261 e. The van der Waals surface area contributed by atoms with Crippen LogP contribution in [0.3, 0.4) is 0 Å². The van der Waals surface area contributed by atoms with E-state index in [9.17, 15) is 9.59 Å². The van der Waals surface area contributed by atoms with Gasteiger partial charge in [0.1, 0.15) is 5.56 Å². The standard InChI is InChI=1S/C25H28N2O2/c1-4-9-22-24(25(29)26-20-10-7-6-8-11-20)23(28)16-21(5-2)27(22)17-19-14-12-18(3)13-15-19/h6-8,10-16H,4-5,9,17H2,1-3H3,(H,26,29). The summed E-state index contributed by atoms with van der Waals surface area (Å²) in [4.78, 5) is 26.0. The summed E-state index contributed by atoms with van der Waals surface area (Å²) in [5.74, 6) is -0.343. The SMILES string of the molecule is CCCc1c(C(=O)Nc2ccccc2)c(=O)cc(CC)n1Cc1ccc(C)cc1. The zero-order valence-electron chi connectivity index (χ0n) is 17.4. The zero-order valence-corrected chi connectivity index (χ0v) is 17.4. The monoisotopic (exact) mass is 388 g/mol. The van der Waals surface area contributed by atoms with Crippen LogP contribution in [-0.2, 0) is 19.4 Å². The molecule has 3 aromatic rings. The van der Waals surface area contributed by atoms with Gasteiger partial charge in [-0.3, -0.25) is 9.59 Å². The molecule has 1 N–H and O–H groups in total. The van der Waals surface area contributed by atoms with Gasteiger partial charge < -0.3 is 9.88 Å². The predicted octanol–water partition coefficient (Wildman–Crippen LogP) is 4.97. The minimum absolute atomic E-state index is 0.209. The average molecular weight is 389 g/mol. The number of aryl methyl sites for hydroxylation is 2. The molecule has 4 heteroatoms. The Morgan fingerprint density at radius 2 is 1.69 bits per heavy atom. The number of nitrogens with zero attached hydrogens (tertiary/aromatic N) is 1. The molecule has 0 saturated heterocycles. The number of hydrogen-bond donors (Lipinski definition) is 1. The topological polar surface area (TPSA) is 51.1 Å². The van der Waals surface area contributed by atoms with Gasteiger partial charge in [-0.15, -0.1) is 0 Å². The molecule has 150 valence electrons. The van der Waals surface area contributed by atoms with E-state index >= 15 is 0 Å². The summed E-state index contributed by atoms with van der Waals surface area (Å²) in [5, 5.41) is 2.88. The Bertz CT molecular complexity index is 1030. The summed E-state index contributed by atoms with van der Waals surface area (Å²) < 4.78 is 2.15. The molecule has 0 atom stereocenters. The molecule has 0 radical (unpaired) electrons. The highest BCUT2D eigenvalue weighted by molar-refractivity contribution is 6.05. The molecule has 0 saturated carbocycles. The van der Waals surface area contributed by atoms with Crippen LogP contribution >= 0.6 is 0 Å². The fourth-order valence-electron chi connectivity index (χ4n) is 3.57. The van der Waals surface area contributed by atoms with Crippen molar-refractivity contribution in [3.8, 4) is 0 Å². The minimum Gasteiger partial charge on any atom is -0.343 e. The molecule has 29 heavy (non-hydrogen) atoms. The number of carbonyl (C=O) groups is 1. The summed E-state index contributed by atoms with van der Waals surface area (Å²) in [6, 6.07) is 19.3. The maximum atomic E-state index is 13.1. The van der Waals surface area contributed by atoms with Crippen LogP contribution < -0.4 is 10.7 Å². The van der Waals surface area contributed by atoms with E-state index in [2.05, 4.69) is 48.0 Å². The first kappa shape index (κ1) is 20.6. The lowest BCUT2D eigenvalue weighted by Crippen LogP contribution is -2.29. The smallest absolute Gasteiger partial charge is 0.261 e. The number of aromatic nitrogens is 1. The van der Waals surface area contributed by atoms with Gasteiger partial charge in [-0.25, -0.2) is 0 Å². The third-order valence-corrected chi connectivity index (χ3v) is 5.07. The number of hydrogen-bond acceptors (Lipinski definition) is 2. The Morgan fingerprint density at radius 3 is 2.31 bits per heavy atom. The molecule has 0 fully saturated rings. The van der Waals surface area contributed by atoms with E-state index in [1.807, 2.05) is 37.3 Å². The maximum absolute atomic E-state index is 13.1. The van der Waals surface area contributed by atoms with Crippen molar-refractivity contribution in [1.29, 1.82) is 0 Å². The van der Waals surface area contributed by atoms with E-state index in [1.165, 1.54) is 5.56 Å². The van der Waals surface area contributed by atoms with Gasteiger partial charge in [-0.1, -0.05) is 68.3 Å². The molecular formula is C25H28N2O2. The second kappa shape index (κ2) is 9.37. The van der Waals surface area contributed by atoms with Crippen molar-refractivity contribution in [2.45, 2.75) is 46.6 Å². The van der Waals surface area contributed by atoms with Crippen LogP contribution in [0.4, 0.5) is 5.69 Å². The molecule has 0 unspecified atom stereocenters. The number of para-hydroxylation sites is 1. The lowest BCUT2D eigenvalue weighted by Gasteiger charge is -2.21. The van der Waals surface area contributed by atoms with Crippen LogP contribution in [0.1, 0.15) is 53.1 Å². The van der Waals surface area contributed by atoms with E-state index < -0.39 is 0 Å². The van der Waals surface area contributed by atoms with Crippen molar-refractivity contribution in [3.63, 3.8) is 0 Å². The molecule has 0 aliphatic rings. The number of anilines is 1. The van der Waals surface area contributed by atoms with Gasteiger partial charge in [0.2, 0.25) is 0 Å². The first-order valence-electron chi connectivity index (χ1n) is 10.2. The van der Waals surface area contributed by atoms with Crippen molar-refractivity contribution in [1.82, 2.24) is 4.57 Å². The van der Waals surface area contributed by atoms with Crippen molar-refractivity contribution < 1.29 is 4.79 Å². The molecule has 0 bridgehead atoms. The van der Waals surface area contributed by atoms with Gasteiger partial charge in [0.25, 0.3) is 5.91 Å². The zero-order chi connectivity index (χ0) is 20.8. The van der Waals surface area contributed by atoms with Crippen molar-refractivity contribution in [2.75, 3.05) is 5.32 Å². The molecule has 1 heterocycles. The normalized spacial score (nSPS) is 10.7. The van der Waals surface area contributed by atoms with E-state index in [0.29, 0.717) is 18.7 Å². The summed E-state index contributed by atoms with van der Waals surface area (Å²) in [6.45, 7) is 6.82. The van der Waals surface area contributed by atoms with Crippen LogP contribution in [0, 0.1) is 6.92 Å². The second-order valence-electron chi connectivity index (χ2n) is 7.32. The fourth-order valence-corrected chi connectivity index (χ4v) is 3.57. The Balaban J connectivity index is 2.08. The number of carbonyl (C=O) groups excluding carboxylic acids is 1. The van der Waals surface area contributed by atoms with E-state index in [0.717, 1.165) is 29.8 Å². The number of rotatable bonds is 7. The highest BCUT2D eigenvalue weighted by atomic mass is 16.2. The first-order valence-corrected chi connectivity index (χ1v) is 10.2. The minimum atomic E-state index is -0.343. The largest absolute Gasteiger partial charge is 0.343 e. The molecule has 4 nitrogen and oxygen atoms in total. The van der Waals surface area contributed by atoms with E-state index in [1.54, 1.807) is 6.07 Å². The van der Waals surface area contributed by atoms with Crippen LogP contribution in [0.15, 0.2) is 65.5 Å². The third kappa shape index (κ3) is 4.83. The van der Waals surface area contributed by atoms with Crippen molar-refractivity contribution >= 4 is 11.6 Å². The molecule has 2 aromatic carbocycles. The van der Waals surface area contributed by atoms with Crippen LogP contribution in [0.5, 0.6) is 0 Å². The van der Waals surface area contributed by atoms with Crippen LogP contribution in [0.25, 0.3) is 0 Å². The van der Waals surface area contributed by atoms with E-state index in [-0.39, 0.29) is 16.9 Å². The average Bonchev–Trinajstić information content (AvgIpc) is 2.72. The van der Waals surface area contributed by atoms with Gasteiger partial charge in [0.05, 0.1) is 0 Å². The number of pyridine rings is 1. The summed E-state index contributed by atoms with van der Waals surface area (Å²) in [7, 11) is 0. The summed E-state index contributed by atoms with van der Waals surface area (Å²) in [5.41, 5.74) is 4.85. The van der Waals surface area contributed by atoms with Crippen molar-refractivity contribution in [3.05, 3.63) is 99.0 Å². The fraction of sp³-hybridized carbons (Fsp3) is 0.280. The summed E-state index contributed by atoms with van der Waals surface area (Å²) in [6.07, 6.45) is 2.26. The Morgan fingerprint density at radius 1 is 1.00 bits per heavy atom. The Labute approximate surface area is 172 Å². The lowest BCUT2D eigenvalue weighted by atomic mass is 10.0. The van der Waals surface area contributed by atoms with Gasteiger partial charge in [-0.2, -0.15) is 0 Å². The third-order valence-electron chi connectivity index (χ3n) is 5.07. The molecular weight excluding hydrogens is 360 g/mol. The molecule has 0 spiro atoms. The van der Waals surface area contributed by atoms with Gasteiger partial charge in [-0.05, 0) is 37.5 Å². The summed E-state index contributed by atoms with van der Waals surface area (Å²) >= 11 is 0.